The molecule has 1 aliphatic heterocycles. The van der Waals surface area contributed by atoms with E-state index < -0.39 is 16.7 Å². The predicted molar refractivity (Wildman–Crippen MR) is 144 cm³/mol. The minimum absolute atomic E-state index is 0.0390. The second-order valence-electron chi connectivity index (χ2n) is 8.57. The van der Waals surface area contributed by atoms with Gasteiger partial charge in [-0.1, -0.05) is 41.9 Å². The molecule has 2 atom stereocenters. The van der Waals surface area contributed by atoms with Crippen molar-refractivity contribution in [1.29, 1.82) is 0 Å². The minimum atomic E-state index is -1.12. The number of amides is 1. The number of ketones is 1. The van der Waals surface area contributed by atoms with E-state index >= 15 is 0 Å². The zero-order chi connectivity index (χ0) is 25.8. The molecule has 5 nitrogen and oxygen atoms in total. The highest BCUT2D eigenvalue weighted by Gasteiger charge is 2.48. The first-order valence-corrected chi connectivity index (χ1v) is 13.8. The Labute approximate surface area is 227 Å². The molecule has 2 aromatic heterocycles. The molecule has 5 rings (SSSR count). The molecule has 1 N–H and O–H groups in total. The first kappa shape index (κ1) is 25.4. The second-order valence-corrected chi connectivity index (χ2v) is 10.9. The number of hydrogen-bond acceptors (Lipinski definition) is 6. The number of hydrogen-bond donors (Lipinski definition) is 1. The molecule has 9 heteroatoms. The molecule has 37 heavy (non-hydrogen) atoms. The predicted octanol–water partition coefficient (Wildman–Crippen LogP) is 6.05. The number of rotatable bonds is 8. The molecule has 188 valence electrons. The molecule has 1 fully saturated rings. The number of carbonyl (C=O) groups is 2. The van der Waals surface area contributed by atoms with Gasteiger partial charge >= 0.3 is 0 Å². The van der Waals surface area contributed by atoms with E-state index in [1.54, 1.807) is 42.5 Å². The highest BCUT2D eigenvalue weighted by molar-refractivity contribution is 8.01. The van der Waals surface area contributed by atoms with E-state index in [1.807, 2.05) is 29.0 Å². The average Bonchev–Trinajstić information content (AvgIpc) is 3.43. The van der Waals surface area contributed by atoms with Crippen LogP contribution in [0.2, 0.25) is 5.02 Å². The maximum atomic E-state index is 13.5. The number of nitrogens with one attached hydrogen (secondary N) is 1. The van der Waals surface area contributed by atoms with Crippen molar-refractivity contribution in [3.8, 4) is 5.88 Å². The number of benzene rings is 2. The van der Waals surface area contributed by atoms with Gasteiger partial charge in [-0.3, -0.25) is 9.59 Å². The number of carbonyl (C=O) groups excluding carboxylic acids is 2. The number of ether oxygens (including phenoxy) is 1. The molecule has 1 saturated heterocycles. The van der Waals surface area contributed by atoms with E-state index in [1.165, 1.54) is 23.5 Å². The molecular formula is C28H22ClFN2O3S2. The third kappa shape index (κ3) is 5.56. The molecule has 2 unspecified atom stereocenters. The first-order chi connectivity index (χ1) is 17.9. The van der Waals surface area contributed by atoms with Crippen LogP contribution < -0.4 is 10.1 Å². The van der Waals surface area contributed by atoms with Crippen molar-refractivity contribution in [2.45, 2.75) is 28.5 Å². The number of thiophene rings is 1. The molecule has 1 amide bonds. The maximum absolute atomic E-state index is 13.5. The fourth-order valence-electron chi connectivity index (χ4n) is 4.29. The van der Waals surface area contributed by atoms with E-state index in [2.05, 4.69) is 10.3 Å². The van der Waals surface area contributed by atoms with Gasteiger partial charge in [-0.05, 0) is 58.3 Å². The van der Waals surface area contributed by atoms with Crippen molar-refractivity contribution in [3.63, 3.8) is 0 Å². The van der Waals surface area contributed by atoms with Gasteiger partial charge in [0, 0.05) is 23.8 Å². The van der Waals surface area contributed by atoms with E-state index in [0.29, 0.717) is 34.5 Å². The van der Waals surface area contributed by atoms with E-state index in [-0.39, 0.29) is 18.0 Å². The SMILES string of the molecule is O=C1CC(c2ccsc2)(c2cccc(OCCc3cccc(F)c3)n2)NC(=O)C1Sc1ccccc1Cl. The quantitative estimate of drug-likeness (QED) is 0.269. The average molecular weight is 553 g/mol. The molecule has 3 heterocycles. The topological polar surface area (TPSA) is 68.3 Å². The van der Waals surface area contributed by atoms with Gasteiger partial charge in [0.1, 0.15) is 16.6 Å². The highest BCUT2D eigenvalue weighted by atomic mass is 35.5. The molecule has 0 radical (unpaired) electrons. The lowest BCUT2D eigenvalue weighted by Gasteiger charge is -2.39. The van der Waals surface area contributed by atoms with Crippen molar-refractivity contribution in [3.05, 3.63) is 111 Å². The van der Waals surface area contributed by atoms with Crippen LogP contribution in [-0.2, 0) is 21.5 Å². The monoisotopic (exact) mass is 552 g/mol. The van der Waals surface area contributed by atoms with Gasteiger partial charge < -0.3 is 10.1 Å². The fraction of sp³-hybridized carbons (Fsp3) is 0.179. The summed E-state index contributed by atoms with van der Waals surface area (Å²) >= 11 is 8.90. The zero-order valence-corrected chi connectivity index (χ0v) is 21.9. The van der Waals surface area contributed by atoms with Gasteiger partial charge in [-0.15, -0.1) is 11.8 Å². The van der Waals surface area contributed by atoms with Gasteiger partial charge in [0.15, 0.2) is 5.78 Å². The second kappa shape index (κ2) is 11.0. The summed E-state index contributed by atoms with van der Waals surface area (Å²) in [6.07, 6.45) is 0.548. The molecule has 0 aliphatic carbocycles. The zero-order valence-electron chi connectivity index (χ0n) is 19.5. The van der Waals surface area contributed by atoms with E-state index in [9.17, 15) is 14.0 Å². The minimum Gasteiger partial charge on any atom is -0.477 e. The fourth-order valence-corrected chi connectivity index (χ4v) is 6.26. The lowest BCUT2D eigenvalue weighted by atomic mass is 9.79. The third-order valence-electron chi connectivity index (χ3n) is 6.09. The summed E-state index contributed by atoms with van der Waals surface area (Å²) < 4.78 is 19.3. The van der Waals surface area contributed by atoms with Crippen LogP contribution >= 0.6 is 34.7 Å². The number of Topliss-reactive ketones (excluding diaryl/α,β-unsaturated/α-hetero) is 1. The van der Waals surface area contributed by atoms with Crippen LogP contribution in [0.3, 0.4) is 0 Å². The number of pyridine rings is 1. The van der Waals surface area contributed by atoms with Crippen LogP contribution in [0.4, 0.5) is 4.39 Å². The Balaban J connectivity index is 1.39. The largest absolute Gasteiger partial charge is 0.477 e. The van der Waals surface area contributed by atoms with Crippen LogP contribution in [0, 0.1) is 5.82 Å². The Kier molecular flexibility index (Phi) is 7.60. The lowest BCUT2D eigenvalue weighted by Crippen LogP contribution is -2.58. The standard InChI is InChI=1S/C28H22ClFN2O3S2/c29-21-7-1-2-8-23(21)37-26-22(33)16-28(32-27(26)34,19-12-14-36-17-19)24-9-4-10-25(31-24)35-13-11-18-5-3-6-20(30)15-18/h1-10,12,14-15,17,26H,11,13,16H2,(H,32,34). The van der Waals surface area contributed by atoms with Gasteiger partial charge in [0.25, 0.3) is 0 Å². The first-order valence-electron chi connectivity index (χ1n) is 11.6. The Morgan fingerprint density at radius 1 is 1.11 bits per heavy atom. The molecule has 0 bridgehead atoms. The lowest BCUT2D eigenvalue weighted by molar-refractivity contribution is -0.133. The highest BCUT2D eigenvalue weighted by Crippen LogP contribution is 2.41. The van der Waals surface area contributed by atoms with Crippen LogP contribution in [0.5, 0.6) is 5.88 Å². The maximum Gasteiger partial charge on any atom is 0.242 e. The molecular weight excluding hydrogens is 531 g/mol. The number of piperidine rings is 1. The van der Waals surface area contributed by atoms with Gasteiger partial charge in [0.2, 0.25) is 11.8 Å². The third-order valence-corrected chi connectivity index (χ3v) is 8.54. The van der Waals surface area contributed by atoms with Crippen LogP contribution in [0.25, 0.3) is 0 Å². The summed E-state index contributed by atoms with van der Waals surface area (Å²) in [5, 5.41) is 6.49. The van der Waals surface area contributed by atoms with E-state index in [4.69, 9.17) is 16.3 Å². The van der Waals surface area contributed by atoms with Crippen LogP contribution in [0.1, 0.15) is 23.2 Å². The smallest absolute Gasteiger partial charge is 0.242 e. The van der Waals surface area contributed by atoms with Gasteiger partial charge in [0.05, 0.1) is 17.3 Å². The summed E-state index contributed by atoms with van der Waals surface area (Å²) in [7, 11) is 0. The van der Waals surface area contributed by atoms with Crippen molar-refractivity contribution >= 4 is 46.4 Å². The number of nitrogens with zero attached hydrogens (tertiary/aromatic N) is 1. The number of thioether (sulfide) groups is 1. The van der Waals surface area contributed by atoms with Crippen LogP contribution in [-0.4, -0.2) is 28.5 Å². The molecule has 4 aromatic rings. The Bertz CT molecular complexity index is 1410. The molecule has 0 saturated carbocycles. The van der Waals surface area contributed by atoms with Gasteiger partial charge in [-0.25, -0.2) is 9.37 Å². The Morgan fingerprint density at radius 3 is 2.70 bits per heavy atom. The van der Waals surface area contributed by atoms with Crippen molar-refractivity contribution in [2.24, 2.45) is 0 Å². The van der Waals surface area contributed by atoms with Crippen LogP contribution in [0.15, 0.2) is 88.5 Å². The van der Waals surface area contributed by atoms with Gasteiger partial charge in [-0.2, -0.15) is 11.3 Å². The summed E-state index contributed by atoms with van der Waals surface area (Å²) in [6.45, 7) is 0.299. The molecule has 2 aromatic carbocycles. The van der Waals surface area contributed by atoms with E-state index in [0.717, 1.165) is 22.9 Å². The Hall–Kier alpha value is -3.20. The molecule has 1 aliphatic rings. The van der Waals surface area contributed by atoms with Crippen molar-refractivity contribution < 1.29 is 18.7 Å². The summed E-state index contributed by atoms with van der Waals surface area (Å²) in [4.78, 5) is 32.2. The summed E-state index contributed by atoms with van der Waals surface area (Å²) in [5.41, 5.74) is 0.994. The van der Waals surface area contributed by atoms with Crippen molar-refractivity contribution in [2.75, 3.05) is 6.61 Å². The van der Waals surface area contributed by atoms with Crippen molar-refractivity contribution in [1.82, 2.24) is 10.3 Å². The summed E-state index contributed by atoms with van der Waals surface area (Å²) in [6, 6.07) is 20.7. The Morgan fingerprint density at radius 2 is 1.95 bits per heavy atom. The number of halogens is 2. The molecule has 0 spiro atoms. The number of aromatic nitrogens is 1. The summed E-state index contributed by atoms with van der Waals surface area (Å²) in [5.74, 6) is -0.539. The normalized spacial score (nSPS) is 19.5.